The molecule has 0 radical (unpaired) electrons. The summed E-state index contributed by atoms with van der Waals surface area (Å²) in [6.07, 6.45) is 0.936. The number of hydrogen-bond acceptors (Lipinski definition) is 1. The van der Waals surface area contributed by atoms with Crippen molar-refractivity contribution >= 4 is 11.0 Å². The number of nitrogens with one attached hydrogen (secondary N) is 1. The van der Waals surface area contributed by atoms with Crippen molar-refractivity contribution < 1.29 is 4.21 Å². The van der Waals surface area contributed by atoms with Gasteiger partial charge in [-0.3, -0.25) is 0 Å². The van der Waals surface area contributed by atoms with E-state index in [0.29, 0.717) is 0 Å². The molecule has 0 aliphatic heterocycles. The third kappa shape index (κ3) is 3.72. The van der Waals surface area contributed by atoms with Gasteiger partial charge < -0.3 is 0 Å². The van der Waals surface area contributed by atoms with E-state index in [0.717, 1.165) is 6.42 Å². The van der Waals surface area contributed by atoms with E-state index in [9.17, 15) is 4.21 Å². The van der Waals surface area contributed by atoms with Crippen LogP contribution in [-0.4, -0.2) is 8.96 Å². The summed E-state index contributed by atoms with van der Waals surface area (Å²) < 4.78 is 15.0. The van der Waals surface area contributed by atoms with Crippen molar-refractivity contribution in [2.45, 2.75) is 44.9 Å². The van der Waals surface area contributed by atoms with Crippen LogP contribution in [0.5, 0.6) is 0 Å². The van der Waals surface area contributed by atoms with Crippen LogP contribution in [0.25, 0.3) is 0 Å². The molecule has 0 bridgehead atoms. The summed E-state index contributed by atoms with van der Waals surface area (Å²) in [5.74, 6) is 0. The summed E-state index contributed by atoms with van der Waals surface area (Å²) in [7, 11) is -1.02. The Kier molecular flexibility index (Phi) is 4.69. The zero-order valence-electron chi connectivity index (χ0n) is 10.5. The molecule has 0 saturated carbocycles. The van der Waals surface area contributed by atoms with Gasteiger partial charge in [0, 0.05) is 6.04 Å². The van der Waals surface area contributed by atoms with Gasteiger partial charge in [-0.1, -0.05) is 37.3 Å². The van der Waals surface area contributed by atoms with Crippen LogP contribution < -0.4 is 4.72 Å². The molecule has 16 heavy (non-hydrogen) atoms. The second-order valence-electron chi connectivity index (χ2n) is 4.87. The molecule has 0 unspecified atom stereocenters. The molecule has 0 aliphatic rings. The second-order valence-corrected chi connectivity index (χ2v) is 6.87. The SMILES string of the molecule is CC[C@H](N[S@](=O)C(C)(C)C)c1ccccc1. The minimum atomic E-state index is -1.02. The smallest absolute Gasteiger partial charge is 0.0975 e. The fourth-order valence-electron chi connectivity index (χ4n) is 1.38. The van der Waals surface area contributed by atoms with Crippen LogP contribution >= 0.6 is 0 Å². The first-order chi connectivity index (χ1) is 7.45. The van der Waals surface area contributed by atoms with Crippen molar-refractivity contribution in [3.8, 4) is 0 Å². The van der Waals surface area contributed by atoms with Crippen molar-refractivity contribution in [2.24, 2.45) is 0 Å². The molecule has 1 aromatic carbocycles. The molecule has 0 amide bonds. The molecule has 3 heteroatoms. The van der Waals surface area contributed by atoms with Crippen molar-refractivity contribution in [1.29, 1.82) is 0 Å². The topological polar surface area (TPSA) is 29.1 Å². The van der Waals surface area contributed by atoms with Crippen molar-refractivity contribution in [3.63, 3.8) is 0 Å². The predicted molar refractivity (Wildman–Crippen MR) is 70.5 cm³/mol. The van der Waals surface area contributed by atoms with E-state index in [1.165, 1.54) is 5.56 Å². The molecule has 2 nitrogen and oxygen atoms in total. The van der Waals surface area contributed by atoms with Gasteiger partial charge in [0.2, 0.25) is 0 Å². The third-order valence-electron chi connectivity index (χ3n) is 2.42. The molecular formula is C13H21NOS. The molecule has 1 aromatic rings. The zero-order chi connectivity index (χ0) is 12.2. The molecule has 0 saturated heterocycles. The van der Waals surface area contributed by atoms with Crippen molar-refractivity contribution in [1.82, 2.24) is 4.72 Å². The predicted octanol–water partition coefficient (Wildman–Crippen LogP) is 3.19. The van der Waals surface area contributed by atoms with Crippen molar-refractivity contribution in [2.75, 3.05) is 0 Å². The second kappa shape index (κ2) is 5.60. The van der Waals surface area contributed by atoms with E-state index in [1.54, 1.807) is 0 Å². The lowest BCUT2D eigenvalue weighted by atomic mass is 10.1. The number of benzene rings is 1. The molecule has 0 aliphatic carbocycles. The van der Waals surface area contributed by atoms with Gasteiger partial charge in [-0.2, -0.15) is 0 Å². The first kappa shape index (κ1) is 13.4. The molecule has 0 spiro atoms. The van der Waals surface area contributed by atoms with Crippen LogP contribution in [-0.2, 0) is 11.0 Å². The van der Waals surface area contributed by atoms with E-state index in [-0.39, 0.29) is 10.8 Å². The van der Waals surface area contributed by atoms with Gasteiger partial charge in [-0.25, -0.2) is 8.93 Å². The Hall–Kier alpha value is -0.670. The average molecular weight is 239 g/mol. The van der Waals surface area contributed by atoms with E-state index in [2.05, 4.69) is 23.8 Å². The first-order valence-corrected chi connectivity index (χ1v) is 6.83. The van der Waals surface area contributed by atoms with Crippen LogP contribution in [0.3, 0.4) is 0 Å². The Balaban J connectivity index is 2.75. The molecule has 0 heterocycles. The Morgan fingerprint density at radius 1 is 1.25 bits per heavy atom. The minimum absolute atomic E-state index is 0.168. The summed E-state index contributed by atoms with van der Waals surface area (Å²) in [6.45, 7) is 8.04. The van der Waals surface area contributed by atoms with Crippen LogP contribution in [0.2, 0.25) is 0 Å². The monoisotopic (exact) mass is 239 g/mol. The molecule has 1 N–H and O–H groups in total. The van der Waals surface area contributed by atoms with Crippen molar-refractivity contribution in [3.05, 3.63) is 35.9 Å². The summed E-state index contributed by atoms with van der Waals surface area (Å²) in [5.41, 5.74) is 1.20. The lowest BCUT2D eigenvalue weighted by Crippen LogP contribution is -2.35. The molecule has 1 rings (SSSR count). The van der Waals surface area contributed by atoms with Crippen LogP contribution in [0.4, 0.5) is 0 Å². The van der Waals surface area contributed by atoms with Gasteiger partial charge in [0.25, 0.3) is 0 Å². The fourth-order valence-corrected chi connectivity index (χ4v) is 2.29. The highest BCUT2D eigenvalue weighted by Crippen LogP contribution is 2.19. The summed E-state index contributed by atoms with van der Waals surface area (Å²) in [5, 5.41) is 0. The summed E-state index contributed by atoms with van der Waals surface area (Å²) >= 11 is 0. The lowest BCUT2D eigenvalue weighted by Gasteiger charge is -2.23. The van der Waals surface area contributed by atoms with Crippen LogP contribution in [0, 0.1) is 0 Å². The number of rotatable bonds is 4. The van der Waals surface area contributed by atoms with E-state index < -0.39 is 11.0 Å². The average Bonchev–Trinajstić information content (AvgIpc) is 2.25. The van der Waals surface area contributed by atoms with Crippen LogP contribution in [0.1, 0.15) is 45.7 Å². The van der Waals surface area contributed by atoms with Gasteiger partial charge in [-0.05, 0) is 32.8 Å². The van der Waals surface area contributed by atoms with Gasteiger partial charge in [0.05, 0.1) is 15.7 Å². The van der Waals surface area contributed by atoms with E-state index in [4.69, 9.17) is 0 Å². The maximum absolute atomic E-state index is 12.0. The quantitative estimate of drug-likeness (QED) is 0.859. The molecule has 2 atom stereocenters. The maximum Gasteiger partial charge on any atom is 0.0975 e. The van der Waals surface area contributed by atoms with E-state index >= 15 is 0 Å². The molecule has 0 fully saturated rings. The molecular weight excluding hydrogens is 218 g/mol. The first-order valence-electron chi connectivity index (χ1n) is 5.68. The molecule has 0 aromatic heterocycles. The van der Waals surface area contributed by atoms with Crippen LogP contribution in [0.15, 0.2) is 30.3 Å². The largest absolute Gasteiger partial charge is 0.242 e. The highest BCUT2D eigenvalue weighted by Gasteiger charge is 2.22. The Labute approximate surface area is 101 Å². The number of hydrogen-bond donors (Lipinski definition) is 1. The maximum atomic E-state index is 12.0. The molecule has 90 valence electrons. The van der Waals surface area contributed by atoms with Gasteiger partial charge >= 0.3 is 0 Å². The van der Waals surface area contributed by atoms with Gasteiger partial charge in [0.15, 0.2) is 0 Å². The van der Waals surface area contributed by atoms with Gasteiger partial charge in [0.1, 0.15) is 0 Å². The fraction of sp³-hybridized carbons (Fsp3) is 0.538. The van der Waals surface area contributed by atoms with E-state index in [1.807, 2.05) is 39.0 Å². The summed E-state index contributed by atoms with van der Waals surface area (Å²) in [6, 6.07) is 10.3. The van der Waals surface area contributed by atoms with Gasteiger partial charge in [-0.15, -0.1) is 0 Å². The highest BCUT2D eigenvalue weighted by molar-refractivity contribution is 7.84. The lowest BCUT2D eigenvalue weighted by molar-refractivity contribution is 0.589. The third-order valence-corrected chi connectivity index (χ3v) is 4.03. The summed E-state index contributed by atoms with van der Waals surface area (Å²) in [4.78, 5) is 0. The Morgan fingerprint density at radius 3 is 2.25 bits per heavy atom. The minimum Gasteiger partial charge on any atom is -0.242 e. The Morgan fingerprint density at radius 2 is 1.81 bits per heavy atom. The zero-order valence-corrected chi connectivity index (χ0v) is 11.3. The standard InChI is InChI=1S/C13H21NOS/c1-5-12(11-9-7-6-8-10-11)14-16(15)13(2,3)4/h6-10,12,14H,5H2,1-4H3/t12-,16+/m0/s1. The Bertz CT molecular complexity index is 343. The normalized spacial score (nSPS) is 15.8. The highest BCUT2D eigenvalue weighted by atomic mass is 32.2.